The summed E-state index contributed by atoms with van der Waals surface area (Å²) in [5, 5.41) is 2.86. The lowest BCUT2D eigenvalue weighted by Crippen LogP contribution is -2.35. The fraction of sp³-hybridized carbons (Fsp3) is 0.217. The summed E-state index contributed by atoms with van der Waals surface area (Å²) in [7, 11) is 2.04. The number of thiazole rings is 2. The highest BCUT2D eigenvalue weighted by atomic mass is 35.5. The summed E-state index contributed by atoms with van der Waals surface area (Å²) in [5.74, 6) is 0. The lowest BCUT2D eigenvalue weighted by molar-refractivity contribution is -0.665. The molecule has 0 saturated heterocycles. The van der Waals surface area contributed by atoms with Gasteiger partial charge in [0.05, 0.1) is 11.8 Å². The Labute approximate surface area is 197 Å². The molecule has 4 aromatic rings. The van der Waals surface area contributed by atoms with Crippen LogP contribution in [0.25, 0.3) is 21.3 Å². The third-order valence-corrected chi connectivity index (χ3v) is 9.25. The molecule has 3 heterocycles. The van der Waals surface area contributed by atoms with E-state index in [4.69, 9.17) is 11.6 Å². The Hall–Kier alpha value is -2.06. The van der Waals surface area contributed by atoms with E-state index in [1.165, 1.54) is 9.60 Å². The highest BCUT2D eigenvalue weighted by Gasteiger charge is 2.24. The zero-order valence-corrected chi connectivity index (χ0v) is 20.6. The van der Waals surface area contributed by atoms with Crippen molar-refractivity contribution in [1.29, 1.82) is 0 Å². The molecule has 0 fully saturated rings. The van der Waals surface area contributed by atoms with Crippen molar-refractivity contribution >= 4 is 73.0 Å². The summed E-state index contributed by atoms with van der Waals surface area (Å²) in [6.45, 7) is 5.64. The summed E-state index contributed by atoms with van der Waals surface area (Å²) >= 11 is 11.2. The third-order valence-electron chi connectivity index (χ3n) is 5.42. The molecular formula is C23H21ClN3OS3+. The van der Waals surface area contributed by atoms with Gasteiger partial charge in [-0.15, -0.1) is 11.3 Å². The van der Waals surface area contributed by atoms with Crippen LogP contribution in [0.1, 0.15) is 18.9 Å². The van der Waals surface area contributed by atoms with Crippen LogP contribution >= 0.6 is 46.0 Å². The molecule has 0 saturated carbocycles. The second-order valence-corrected chi connectivity index (χ2v) is 10.8. The van der Waals surface area contributed by atoms with Crippen LogP contribution in [0.2, 0.25) is 5.02 Å². The van der Waals surface area contributed by atoms with E-state index in [9.17, 15) is 4.79 Å². The van der Waals surface area contributed by atoms with Crippen LogP contribution in [0.4, 0.5) is 5.69 Å². The zero-order valence-electron chi connectivity index (χ0n) is 17.4. The van der Waals surface area contributed by atoms with Crippen LogP contribution < -0.4 is 24.2 Å². The third kappa shape index (κ3) is 3.44. The van der Waals surface area contributed by atoms with Gasteiger partial charge in [0.2, 0.25) is 5.52 Å². The van der Waals surface area contributed by atoms with Gasteiger partial charge in [-0.05, 0) is 38.1 Å². The Morgan fingerprint density at radius 1 is 1.13 bits per heavy atom. The monoisotopic (exact) mass is 486 g/mol. The average Bonchev–Trinajstić information content (AvgIpc) is 3.39. The maximum Gasteiger partial charge on any atom is 0.271 e. The van der Waals surface area contributed by atoms with Gasteiger partial charge in [0.1, 0.15) is 25.5 Å². The van der Waals surface area contributed by atoms with Gasteiger partial charge < -0.3 is 4.90 Å². The Bertz CT molecular complexity index is 1500. The summed E-state index contributed by atoms with van der Waals surface area (Å²) in [5.41, 5.74) is 2.35. The standard InChI is InChI=1S/C23H21ClN3OS3/c1-4-26-16-12-14(24)10-11-18(16)29-19(26)13-20-27(5-2)22(28)21(31-20)23-25(3)15-8-6-7-9-17(15)30-23/h6-13H,4-5H2,1-3H3/q+1/b23-21-. The predicted octanol–water partition coefficient (Wildman–Crippen LogP) is 4.24. The molecule has 0 unspecified atom stereocenters. The SMILES string of the molecule is CCn1c(=Cc2sc3ccc(Cl)cc3[n+]2CC)s/c(=C2\Sc3ccccc3N2C)c1=O. The van der Waals surface area contributed by atoms with Gasteiger partial charge in [0.15, 0.2) is 0 Å². The number of aromatic nitrogens is 2. The van der Waals surface area contributed by atoms with Crippen molar-refractivity contribution < 1.29 is 4.57 Å². The molecular weight excluding hydrogens is 466 g/mol. The minimum absolute atomic E-state index is 0.0770. The molecule has 0 radical (unpaired) electrons. The van der Waals surface area contributed by atoms with Crippen molar-refractivity contribution in [2.75, 3.05) is 11.9 Å². The predicted molar refractivity (Wildman–Crippen MR) is 134 cm³/mol. The largest absolute Gasteiger partial charge is 0.337 e. The first kappa shape index (κ1) is 20.8. The van der Waals surface area contributed by atoms with Gasteiger partial charge in [0.25, 0.3) is 10.6 Å². The number of halogens is 1. The van der Waals surface area contributed by atoms with Crippen LogP contribution in [0.5, 0.6) is 0 Å². The van der Waals surface area contributed by atoms with Gasteiger partial charge in [-0.2, -0.15) is 4.57 Å². The fourth-order valence-electron chi connectivity index (χ4n) is 3.88. The number of hydrogen-bond acceptors (Lipinski definition) is 5. The fourth-order valence-corrected chi connectivity index (χ4v) is 7.72. The molecule has 1 aliphatic heterocycles. The van der Waals surface area contributed by atoms with Crippen LogP contribution in [-0.4, -0.2) is 11.6 Å². The number of nitrogens with zero attached hydrogens (tertiary/aromatic N) is 3. The number of anilines is 1. The van der Waals surface area contributed by atoms with E-state index in [-0.39, 0.29) is 5.56 Å². The smallest absolute Gasteiger partial charge is 0.271 e. The van der Waals surface area contributed by atoms with Gasteiger partial charge in [-0.1, -0.05) is 46.8 Å². The van der Waals surface area contributed by atoms with E-state index in [1.54, 1.807) is 34.4 Å². The molecule has 0 atom stereocenters. The van der Waals surface area contributed by atoms with Crippen molar-refractivity contribution in [2.24, 2.45) is 0 Å². The van der Waals surface area contributed by atoms with Crippen LogP contribution in [-0.2, 0) is 13.1 Å². The summed E-state index contributed by atoms with van der Waals surface area (Å²) in [4.78, 5) is 16.7. The molecule has 0 spiro atoms. The maximum atomic E-state index is 13.3. The van der Waals surface area contributed by atoms with Crippen LogP contribution in [0.3, 0.4) is 0 Å². The molecule has 2 aromatic carbocycles. The summed E-state index contributed by atoms with van der Waals surface area (Å²) in [6.07, 6.45) is 2.15. The highest BCUT2D eigenvalue weighted by Crippen LogP contribution is 2.44. The van der Waals surface area contributed by atoms with E-state index < -0.39 is 0 Å². The average molecular weight is 487 g/mol. The first-order valence-electron chi connectivity index (χ1n) is 10.1. The first-order valence-corrected chi connectivity index (χ1v) is 12.9. The number of aryl methyl sites for hydroxylation is 1. The zero-order chi connectivity index (χ0) is 21.7. The molecule has 0 bridgehead atoms. The molecule has 31 heavy (non-hydrogen) atoms. The first-order chi connectivity index (χ1) is 15.0. The number of fused-ring (bicyclic) bond motifs is 2. The van der Waals surface area contributed by atoms with Crippen molar-refractivity contribution in [3.63, 3.8) is 0 Å². The van der Waals surface area contributed by atoms with Gasteiger partial charge in [-0.25, -0.2) is 0 Å². The number of benzene rings is 2. The Morgan fingerprint density at radius 3 is 2.68 bits per heavy atom. The molecule has 4 nitrogen and oxygen atoms in total. The van der Waals surface area contributed by atoms with Crippen LogP contribution in [0, 0.1) is 0 Å². The van der Waals surface area contributed by atoms with E-state index >= 15 is 0 Å². The molecule has 2 aromatic heterocycles. The van der Waals surface area contributed by atoms with E-state index in [1.807, 2.05) is 42.8 Å². The topological polar surface area (TPSA) is 29.1 Å². The molecule has 1 aliphatic rings. The second-order valence-electron chi connectivity index (χ2n) is 7.19. The number of rotatable bonds is 3. The summed E-state index contributed by atoms with van der Waals surface area (Å²) in [6, 6.07) is 14.3. The number of para-hydroxylation sites is 1. The second kappa shape index (κ2) is 8.13. The number of hydrogen-bond donors (Lipinski definition) is 0. The molecule has 0 aliphatic carbocycles. The van der Waals surface area contributed by atoms with Crippen molar-refractivity contribution in [3.05, 3.63) is 72.0 Å². The highest BCUT2D eigenvalue weighted by molar-refractivity contribution is 8.08. The van der Waals surface area contributed by atoms with E-state index in [0.29, 0.717) is 6.54 Å². The van der Waals surface area contributed by atoms with E-state index in [0.717, 1.165) is 42.0 Å². The van der Waals surface area contributed by atoms with Crippen molar-refractivity contribution in [2.45, 2.75) is 31.8 Å². The van der Waals surface area contributed by atoms with Crippen molar-refractivity contribution in [1.82, 2.24) is 4.57 Å². The van der Waals surface area contributed by atoms with E-state index in [2.05, 4.69) is 40.7 Å². The minimum Gasteiger partial charge on any atom is -0.337 e. The molecule has 0 N–H and O–H groups in total. The Kier molecular flexibility index (Phi) is 5.46. The lowest BCUT2D eigenvalue weighted by atomic mass is 10.3. The normalized spacial score (nSPS) is 15.9. The molecule has 5 rings (SSSR count). The Balaban J connectivity index is 1.74. The van der Waals surface area contributed by atoms with Gasteiger partial charge >= 0.3 is 0 Å². The lowest BCUT2D eigenvalue weighted by Gasteiger charge is -2.11. The quantitative estimate of drug-likeness (QED) is 0.405. The summed E-state index contributed by atoms with van der Waals surface area (Å²) < 4.78 is 7.09. The van der Waals surface area contributed by atoms with Gasteiger partial charge in [0, 0.05) is 29.6 Å². The molecule has 0 amide bonds. The number of thioether (sulfide) groups is 1. The van der Waals surface area contributed by atoms with Gasteiger partial charge in [-0.3, -0.25) is 9.36 Å². The van der Waals surface area contributed by atoms with Crippen molar-refractivity contribution in [3.8, 4) is 0 Å². The maximum absolute atomic E-state index is 13.3. The molecule has 158 valence electrons. The molecule has 8 heteroatoms. The Morgan fingerprint density at radius 2 is 1.94 bits per heavy atom. The minimum atomic E-state index is 0.0770. The van der Waals surface area contributed by atoms with Crippen LogP contribution in [0.15, 0.2) is 52.2 Å².